The summed E-state index contributed by atoms with van der Waals surface area (Å²) in [5.74, 6) is 0.160. The lowest BCUT2D eigenvalue weighted by molar-refractivity contribution is -0.140. The molecule has 4 nitrogen and oxygen atoms in total. The zero-order chi connectivity index (χ0) is 15.2. The summed E-state index contributed by atoms with van der Waals surface area (Å²) in [5.41, 5.74) is 1.35. The standard InChI is InChI=1S/C18H25NO3/c20-18(17-9-5-13-22-17)19-11-10-16(14-19)21-12-4-8-15-6-2-1-3-7-15/h1-3,6-7,16-17H,4-5,8-14H2. The summed E-state index contributed by atoms with van der Waals surface area (Å²) in [5, 5.41) is 0. The summed E-state index contributed by atoms with van der Waals surface area (Å²) in [4.78, 5) is 14.2. The van der Waals surface area contributed by atoms with E-state index >= 15 is 0 Å². The van der Waals surface area contributed by atoms with Gasteiger partial charge in [0, 0.05) is 26.3 Å². The molecule has 2 fully saturated rings. The number of aryl methyl sites for hydroxylation is 1. The Morgan fingerprint density at radius 3 is 2.91 bits per heavy atom. The van der Waals surface area contributed by atoms with Crippen molar-refractivity contribution in [3.8, 4) is 0 Å². The van der Waals surface area contributed by atoms with E-state index in [-0.39, 0.29) is 18.1 Å². The lowest BCUT2D eigenvalue weighted by Gasteiger charge is -2.20. The molecule has 1 aromatic rings. The molecule has 2 atom stereocenters. The normalized spacial score (nSPS) is 24.8. The van der Waals surface area contributed by atoms with Crippen LogP contribution in [0.5, 0.6) is 0 Å². The van der Waals surface area contributed by atoms with Gasteiger partial charge in [-0.05, 0) is 37.7 Å². The van der Waals surface area contributed by atoms with Gasteiger partial charge in [-0.1, -0.05) is 30.3 Å². The van der Waals surface area contributed by atoms with Gasteiger partial charge in [-0.3, -0.25) is 4.79 Å². The van der Waals surface area contributed by atoms with E-state index in [2.05, 4.69) is 24.3 Å². The fraction of sp³-hybridized carbons (Fsp3) is 0.611. The SMILES string of the molecule is O=C(C1CCCO1)N1CCC(OCCCc2ccccc2)C1. The molecular formula is C18H25NO3. The molecule has 2 heterocycles. The van der Waals surface area contributed by atoms with Crippen molar-refractivity contribution in [3.63, 3.8) is 0 Å². The zero-order valence-electron chi connectivity index (χ0n) is 13.1. The minimum Gasteiger partial charge on any atom is -0.376 e. The Morgan fingerprint density at radius 1 is 1.27 bits per heavy atom. The lowest BCUT2D eigenvalue weighted by atomic mass is 10.1. The van der Waals surface area contributed by atoms with Crippen molar-refractivity contribution >= 4 is 5.91 Å². The molecule has 0 saturated carbocycles. The quantitative estimate of drug-likeness (QED) is 0.758. The van der Waals surface area contributed by atoms with Crippen LogP contribution < -0.4 is 0 Å². The van der Waals surface area contributed by atoms with Crippen LogP contribution in [0.3, 0.4) is 0 Å². The Morgan fingerprint density at radius 2 is 2.14 bits per heavy atom. The maximum absolute atomic E-state index is 12.3. The van der Waals surface area contributed by atoms with Crippen LogP contribution in [0.4, 0.5) is 0 Å². The Balaban J connectivity index is 1.33. The van der Waals surface area contributed by atoms with Crippen molar-refractivity contribution in [1.29, 1.82) is 0 Å². The average Bonchev–Trinajstić information content (AvgIpc) is 3.24. The van der Waals surface area contributed by atoms with E-state index in [0.717, 1.165) is 58.4 Å². The summed E-state index contributed by atoms with van der Waals surface area (Å²) >= 11 is 0. The van der Waals surface area contributed by atoms with Crippen molar-refractivity contribution < 1.29 is 14.3 Å². The Hall–Kier alpha value is -1.39. The highest BCUT2D eigenvalue weighted by Crippen LogP contribution is 2.19. The number of rotatable bonds is 6. The molecule has 0 aromatic heterocycles. The van der Waals surface area contributed by atoms with Gasteiger partial charge in [-0.15, -0.1) is 0 Å². The van der Waals surface area contributed by atoms with Crippen molar-refractivity contribution in [2.24, 2.45) is 0 Å². The van der Waals surface area contributed by atoms with Crippen molar-refractivity contribution in [3.05, 3.63) is 35.9 Å². The van der Waals surface area contributed by atoms with Crippen LogP contribution >= 0.6 is 0 Å². The number of carbonyl (C=O) groups excluding carboxylic acids is 1. The van der Waals surface area contributed by atoms with Gasteiger partial charge in [0.15, 0.2) is 0 Å². The summed E-state index contributed by atoms with van der Waals surface area (Å²) in [6.45, 7) is 3.03. The first-order valence-electron chi connectivity index (χ1n) is 8.39. The number of ether oxygens (including phenoxy) is 2. The van der Waals surface area contributed by atoms with E-state index in [0.29, 0.717) is 0 Å². The molecule has 2 aliphatic rings. The Labute approximate surface area is 132 Å². The number of hydrogen-bond acceptors (Lipinski definition) is 3. The molecule has 0 N–H and O–H groups in total. The lowest BCUT2D eigenvalue weighted by Crippen LogP contribution is -2.38. The molecule has 22 heavy (non-hydrogen) atoms. The summed E-state index contributed by atoms with van der Waals surface area (Å²) < 4.78 is 11.4. The van der Waals surface area contributed by atoms with E-state index in [1.165, 1.54) is 5.56 Å². The third kappa shape index (κ3) is 4.08. The van der Waals surface area contributed by atoms with Gasteiger partial charge in [-0.25, -0.2) is 0 Å². The molecule has 1 aromatic carbocycles. The molecule has 0 aliphatic carbocycles. The second kappa shape index (κ2) is 7.75. The first-order valence-corrected chi connectivity index (χ1v) is 8.39. The summed E-state index contributed by atoms with van der Waals surface area (Å²) in [7, 11) is 0. The van der Waals surface area contributed by atoms with Crippen LogP contribution in [0.1, 0.15) is 31.2 Å². The third-order valence-electron chi connectivity index (χ3n) is 4.47. The summed E-state index contributed by atoms with van der Waals surface area (Å²) in [6, 6.07) is 10.5. The van der Waals surface area contributed by atoms with E-state index in [4.69, 9.17) is 9.47 Å². The van der Waals surface area contributed by atoms with Gasteiger partial charge in [0.1, 0.15) is 6.10 Å². The highest BCUT2D eigenvalue weighted by molar-refractivity contribution is 5.81. The van der Waals surface area contributed by atoms with Crippen molar-refractivity contribution in [2.45, 2.75) is 44.3 Å². The maximum atomic E-state index is 12.3. The highest BCUT2D eigenvalue weighted by atomic mass is 16.5. The zero-order valence-corrected chi connectivity index (χ0v) is 13.1. The largest absolute Gasteiger partial charge is 0.376 e. The van der Waals surface area contributed by atoms with E-state index in [9.17, 15) is 4.79 Å². The van der Waals surface area contributed by atoms with Gasteiger partial charge in [0.05, 0.1) is 6.10 Å². The van der Waals surface area contributed by atoms with Crippen LogP contribution in [0.25, 0.3) is 0 Å². The number of carbonyl (C=O) groups is 1. The first-order chi connectivity index (χ1) is 10.8. The first kappa shape index (κ1) is 15.5. The topological polar surface area (TPSA) is 38.8 Å². The molecule has 4 heteroatoms. The number of amides is 1. The van der Waals surface area contributed by atoms with Crippen LogP contribution in [0.2, 0.25) is 0 Å². The molecule has 2 aliphatic heterocycles. The molecule has 1 amide bonds. The minimum atomic E-state index is -0.197. The second-order valence-electron chi connectivity index (χ2n) is 6.16. The van der Waals surface area contributed by atoms with Crippen molar-refractivity contribution in [2.75, 3.05) is 26.3 Å². The van der Waals surface area contributed by atoms with Crippen LogP contribution in [-0.4, -0.2) is 49.3 Å². The Bertz CT molecular complexity index is 470. The van der Waals surface area contributed by atoms with Gasteiger partial charge < -0.3 is 14.4 Å². The third-order valence-corrected chi connectivity index (χ3v) is 4.47. The fourth-order valence-electron chi connectivity index (χ4n) is 3.21. The highest BCUT2D eigenvalue weighted by Gasteiger charge is 2.33. The molecule has 2 unspecified atom stereocenters. The van der Waals surface area contributed by atoms with Crippen LogP contribution in [-0.2, 0) is 20.7 Å². The van der Waals surface area contributed by atoms with Gasteiger partial charge in [0.2, 0.25) is 0 Å². The number of nitrogens with zero attached hydrogens (tertiary/aromatic N) is 1. The van der Waals surface area contributed by atoms with Crippen molar-refractivity contribution in [1.82, 2.24) is 4.90 Å². The van der Waals surface area contributed by atoms with Gasteiger partial charge in [0.25, 0.3) is 5.91 Å². The molecule has 3 rings (SSSR count). The molecule has 0 spiro atoms. The molecule has 0 radical (unpaired) electrons. The predicted octanol–water partition coefficient (Wildman–Crippen LogP) is 2.42. The summed E-state index contributed by atoms with van der Waals surface area (Å²) in [6.07, 6.45) is 4.90. The molecular weight excluding hydrogens is 278 g/mol. The average molecular weight is 303 g/mol. The maximum Gasteiger partial charge on any atom is 0.251 e. The Kier molecular flexibility index (Phi) is 5.46. The van der Waals surface area contributed by atoms with Crippen LogP contribution in [0, 0.1) is 0 Å². The smallest absolute Gasteiger partial charge is 0.251 e. The monoisotopic (exact) mass is 303 g/mol. The number of likely N-dealkylation sites (tertiary alicyclic amines) is 1. The number of benzene rings is 1. The van der Waals surface area contributed by atoms with E-state index in [1.54, 1.807) is 0 Å². The second-order valence-corrected chi connectivity index (χ2v) is 6.16. The molecule has 120 valence electrons. The predicted molar refractivity (Wildman–Crippen MR) is 84.7 cm³/mol. The number of hydrogen-bond donors (Lipinski definition) is 0. The van der Waals surface area contributed by atoms with E-state index in [1.807, 2.05) is 11.0 Å². The molecule has 0 bridgehead atoms. The van der Waals surface area contributed by atoms with Gasteiger partial charge >= 0.3 is 0 Å². The molecule has 2 saturated heterocycles. The van der Waals surface area contributed by atoms with Crippen LogP contribution in [0.15, 0.2) is 30.3 Å². The van der Waals surface area contributed by atoms with E-state index < -0.39 is 0 Å². The van der Waals surface area contributed by atoms with Gasteiger partial charge in [-0.2, -0.15) is 0 Å². The fourth-order valence-corrected chi connectivity index (χ4v) is 3.21. The minimum absolute atomic E-state index is 0.160.